The van der Waals surface area contributed by atoms with E-state index in [-0.39, 0.29) is 0 Å². The Morgan fingerprint density at radius 2 is 2.16 bits per heavy atom. The van der Waals surface area contributed by atoms with Gasteiger partial charge in [-0.3, -0.25) is 0 Å². The minimum Gasteiger partial charge on any atom is -0.382 e. The molecule has 3 rings (SSSR count). The maximum absolute atomic E-state index is 5.87. The van der Waals surface area contributed by atoms with Gasteiger partial charge in [0, 0.05) is 6.20 Å². The lowest BCUT2D eigenvalue weighted by molar-refractivity contribution is 0.809. The molecule has 0 fully saturated rings. The van der Waals surface area contributed by atoms with Crippen LogP contribution in [0.15, 0.2) is 24.7 Å². The molecule has 0 aliphatic rings. The smallest absolute Gasteiger partial charge is 0.166 e. The summed E-state index contributed by atoms with van der Waals surface area (Å²) in [5.74, 6) is 1.02. The highest BCUT2D eigenvalue weighted by molar-refractivity contribution is 6.29. The van der Waals surface area contributed by atoms with Crippen LogP contribution < -0.4 is 5.73 Å². The number of rotatable bonds is 2. The molecule has 0 aliphatic heterocycles. The first-order valence-electron chi connectivity index (χ1n) is 5.69. The minimum absolute atomic E-state index is 0.397. The van der Waals surface area contributed by atoms with Crippen LogP contribution in [-0.2, 0) is 6.54 Å². The molecule has 0 saturated carbocycles. The molecule has 6 nitrogen and oxygen atoms in total. The molecular weight excluding hydrogens is 264 g/mol. The molecule has 96 valence electrons. The molecule has 3 heterocycles. The molecule has 19 heavy (non-hydrogen) atoms. The van der Waals surface area contributed by atoms with Gasteiger partial charge in [-0.25, -0.2) is 19.9 Å². The van der Waals surface area contributed by atoms with Gasteiger partial charge < -0.3 is 10.3 Å². The number of anilines is 1. The van der Waals surface area contributed by atoms with Gasteiger partial charge in [-0.05, 0) is 24.6 Å². The van der Waals surface area contributed by atoms with Gasteiger partial charge in [0.05, 0.1) is 12.9 Å². The van der Waals surface area contributed by atoms with Crippen LogP contribution in [0.4, 0.5) is 5.82 Å². The van der Waals surface area contributed by atoms with E-state index >= 15 is 0 Å². The van der Waals surface area contributed by atoms with Crippen molar-refractivity contribution in [1.82, 2.24) is 24.5 Å². The summed E-state index contributed by atoms with van der Waals surface area (Å²) in [5, 5.41) is 0.465. The summed E-state index contributed by atoms with van der Waals surface area (Å²) in [4.78, 5) is 16.7. The summed E-state index contributed by atoms with van der Waals surface area (Å²) >= 11 is 5.87. The van der Waals surface area contributed by atoms with Gasteiger partial charge in [0.15, 0.2) is 11.5 Å². The zero-order valence-electron chi connectivity index (χ0n) is 10.2. The third-order valence-electron chi connectivity index (χ3n) is 2.75. The average Bonchev–Trinajstić information content (AvgIpc) is 2.73. The largest absolute Gasteiger partial charge is 0.382 e. The number of hydrogen-bond donors (Lipinski definition) is 1. The van der Waals surface area contributed by atoms with E-state index in [4.69, 9.17) is 17.3 Å². The second-order valence-electron chi connectivity index (χ2n) is 4.19. The first-order valence-corrected chi connectivity index (χ1v) is 6.06. The highest BCUT2D eigenvalue weighted by atomic mass is 35.5. The molecule has 0 amide bonds. The molecular formula is C12H11ClN6. The van der Waals surface area contributed by atoms with Gasteiger partial charge in [0.1, 0.15) is 16.5 Å². The van der Waals surface area contributed by atoms with E-state index in [2.05, 4.69) is 19.9 Å². The first kappa shape index (κ1) is 11.9. The lowest BCUT2D eigenvalue weighted by atomic mass is 10.3. The van der Waals surface area contributed by atoms with Gasteiger partial charge >= 0.3 is 0 Å². The predicted molar refractivity (Wildman–Crippen MR) is 72.8 cm³/mol. The Morgan fingerprint density at radius 3 is 2.95 bits per heavy atom. The fourth-order valence-corrected chi connectivity index (χ4v) is 2.13. The van der Waals surface area contributed by atoms with Gasteiger partial charge in [0.2, 0.25) is 0 Å². The number of nitrogen functional groups attached to an aromatic ring is 1. The van der Waals surface area contributed by atoms with E-state index in [1.54, 1.807) is 19.4 Å². The number of halogens is 1. The van der Waals surface area contributed by atoms with Crippen LogP contribution in [0.25, 0.3) is 11.2 Å². The van der Waals surface area contributed by atoms with E-state index in [1.807, 2.05) is 16.7 Å². The number of nitrogens with two attached hydrogens (primary N) is 1. The van der Waals surface area contributed by atoms with Gasteiger partial charge in [-0.15, -0.1) is 0 Å². The third kappa shape index (κ3) is 2.22. The van der Waals surface area contributed by atoms with E-state index < -0.39 is 0 Å². The fraction of sp³-hybridized carbons (Fsp3) is 0.167. The third-order valence-corrected chi connectivity index (χ3v) is 2.95. The lowest BCUT2D eigenvalue weighted by Crippen LogP contribution is -2.02. The van der Waals surface area contributed by atoms with Crippen molar-refractivity contribution in [2.24, 2.45) is 0 Å². The van der Waals surface area contributed by atoms with Crippen LogP contribution >= 0.6 is 11.6 Å². The quantitative estimate of drug-likeness (QED) is 0.721. The average molecular weight is 275 g/mol. The Bertz CT molecular complexity index is 751. The maximum Gasteiger partial charge on any atom is 0.166 e. The number of aryl methyl sites for hydroxylation is 1. The van der Waals surface area contributed by atoms with Crippen molar-refractivity contribution in [1.29, 1.82) is 0 Å². The summed E-state index contributed by atoms with van der Waals surface area (Å²) in [5.41, 5.74) is 8.19. The molecule has 0 radical (unpaired) electrons. The number of aromatic nitrogens is 5. The Balaban J connectivity index is 2.06. The van der Waals surface area contributed by atoms with Gasteiger partial charge in [-0.1, -0.05) is 11.6 Å². The zero-order valence-corrected chi connectivity index (χ0v) is 11.0. The van der Waals surface area contributed by atoms with E-state index in [0.717, 1.165) is 11.2 Å². The molecule has 3 aromatic rings. The first-order chi connectivity index (χ1) is 9.13. The van der Waals surface area contributed by atoms with Crippen molar-refractivity contribution < 1.29 is 0 Å². The normalized spacial score (nSPS) is 11.1. The SMILES string of the molecule is Cc1nc(N)c2ncn(Cc3ccnc(Cl)c3)c2n1. The van der Waals surface area contributed by atoms with Crippen molar-refractivity contribution in [2.75, 3.05) is 5.73 Å². The van der Waals surface area contributed by atoms with Gasteiger partial charge in [-0.2, -0.15) is 0 Å². The van der Waals surface area contributed by atoms with E-state index in [0.29, 0.717) is 28.9 Å². The van der Waals surface area contributed by atoms with Crippen LogP contribution in [0.5, 0.6) is 0 Å². The number of nitrogens with zero attached hydrogens (tertiary/aromatic N) is 5. The second kappa shape index (κ2) is 4.47. The molecule has 0 aliphatic carbocycles. The summed E-state index contributed by atoms with van der Waals surface area (Å²) in [6.07, 6.45) is 3.37. The molecule has 0 atom stereocenters. The molecule has 2 N–H and O–H groups in total. The van der Waals surface area contributed by atoms with Crippen LogP contribution in [0.1, 0.15) is 11.4 Å². The van der Waals surface area contributed by atoms with E-state index in [9.17, 15) is 0 Å². The Labute approximate surface area is 114 Å². The number of hydrogen-bond acceptors (Lipinski definition) is 5. The molecule has 0 saturated heterocycles. The van der Waals surface area contributed by atoms with E-state index in [1.165, 1.54) is 0 Å². The zero-order chi connectivity index (χ0) is 13.4. The molecule has 0 aromatic carbocycles. The van der Waals surface area contributed by atoms with Crippen molar-refractivity contribution in [3.63, 3.8) is 0 Å². The Kier molecular flexibility index (Phi) is 2.79. The maximum atomic E-state index is 5.87. The number of pyridine rings is 1. The van der Waals surface area contributed by atoms with Crippen LogP contribution in [0, 0.1) is 6.92 Å². The monoisotopic (exact) mass is 274 g/mol. The predicted octanol–water partition coefficient (Wildman–Crippen LogP) is 1.81. The van der Waals surface area contributed by atoms with Crippen molar-refractivity contribution in [3.8, 4) is 0 Å². The summed E-state index contributed by atoms with van der Waals surface area (Å²) in [6.45, 7) is 2.41. The number of fused-ring (bicyclic) bond motifs is 1. The minimum atomic E-state index is 0.397. The van der Waals surface area contributed by atoms with Crippen molar-refractivity contribution in [3.05, 3.63) is 41.2 Å². The van der Waals surface area contributed by atoms with Crippen LogP contribution in [0.3, 0.4) is 0 Å². The van der Waals surface area contributed by atoms with Gasteiger partial charge in [0.25, 0.3) is 0 Å². The van der Waals surface area contributed by atoms with Crippen molar-refractivity contribution in [2.45, 2.75) is 13.5 Å². The summed E-state index contributed by atoms with van der Waals surface area (Å²) in [7, 11) is 0. The highest BCUT2D eigenvalue weighted by Gasteiger charge is 2.10. The van der Waals surface area contributed by atoms with Crippen LogP contribution in [0.2, 0.25) is 5.15 Å². The molecule has 0 unspecified atom stereocenters. The summed E-state index contributed by atoms with van der Waals surface area (Å²) < 4.78 is 1.91. The highest BCUT2D eigenvalue weighted by Crippen LogP contribution is 2.17. The fourth-order valence-electron chi connectivity index (χ4n) is 1.93. The Hall–Kier alpha value is -2.21. The Morgan fingerprint density at radius 1 is 1.32 bits per heavy atom. The summed E-state index contributed by atoms with van der Waals surface area (Å²) in [6, 6.07) is 3.71. The standard InChI is InChI=1S/C12H11ClN6/c1-7-17-11(14)10-12(18-7)19(6-16-10)5-8-2-3-15-9(13)4-8/h2-4,6H,5H2,1H3,(H2,14,17,18). The molecule has 7 heteroatoms. The molecule has 0 bridgehead atoms. The molecule has 0 spiro atoms. The van der Waals surface area contributed by atoms with Crippen molar-refractivity contribution >= 4 is 28.6 Å². The van der Waals surface area contributed by atoms with Crippen LogP contribution in [-0.4, -0.2) is 24.5 Å². The number of imidazole rings is 1. The molecule has 3 aromatic heterocycles. The second-order valence-corrected chi connectivity index (χ2v) is 4.57. The lowest BCUT2D eigenvalue weighted by Gasteiger charge is -2.05. The topological polar surface area (TPSA) is 82.5 Å².